The topological polar surface area (TPSA) is 92.8 Å². The number of para-hydroxylation sites is 1. The van der Waals surface area contributed by atoms with Crippen molar-refractivity contribution in [2.75, 3.05) is 7.11 Å². The van der Waals surface area contributed by atoms with E-state index in [-0.39, 0.29) is 17.0 Å². The van der Waals surface area contributed by atoms with E-state index in [1.54, 1.807) is 72.8 Å². The Labute approximate surface area is 234 Å². The third-order valence-corrected chi connectivity index (χ3v) is 6.51. The highest BCUT2D eigenvalue weighted by Crippen LogP contribution is 2.37. The number of hydrogen-bond acceptors (Lipinski definition) is 5. The number of aromatic nitrogens is 1. The van der Waals surface area contributed by atoms with E-state index in [1.165, 1.54) is 19.4 Å². The van der Waals surface area contributed by atoms with E-state index in [4.69, 9.17) is 21.1 Å². The first kappa shape index (κ1) is 26.6. The lowest BCUT2D eigenvalue weighted by atomic mass is 10.0. The summed E-state index contributed by atoms with van der Waals surface area (Å²) in [5.74, 6) is -1.05. The van der Waals surface area contributed by atoms with Gasteiger partial charge in [0.25, 0.3) is 5.91 Å². The number of benzene rings is 4. The standard InChI is InChI=1S/C31H23ClFN3O4/c1-18-7-5-8-20(15-18)31(38)40-25-14-13-19(16-26(25)39-2)17-34-36-30(37)29-27(21-9-3-4-11-23(21)32)22-10-6-12-24(33)28(22)35-29/h3-17,35H,1-2H3,(H,36,37). The second kappa shape index (κ2) is 11.4. The number of ether oxygens (including phenoxy) is 2. The second-order valence-electron chi connectivity index (χ2n) is 8.89. The maximum Gasteiger partial charge on any atom is 0.343 e. The average Bonchev–Trinajstić information content (AvgIpc) is 3.35. The van der Waals surface area contributed by atoms with Crippen LogP contribution in [0.5, 0.6) is 11.5 Å². The Kier molecular flexibility index (Phi) is 7.61. The summed E-state index contributed by atoms with van der Waals surface area (Å²) >= 11 is 6.42. The van der Waals surface area contributed by atoms with Crippen LogP contribution in [0.3, 0.4) is 0 Å². The molecular formula is C31H23ClFN3O4. The van der Waals surface area contributed by atoms with E-state index < -0.39 is 17.7 Å². The number of carbonyl (C=O) groups is 2. The van der Waals surface area contributed by atoms with E-state index in [1.807, 2.05) is 13.0 Å². The van der Waals surface area contributed by atoms with Gasteiger partial charge in [0, 0.05) is 21.5 Å². The summed E-state index contributed by atoms with van der Waals surface area (Å²) in [4.78, 5) is 28.6. The molecule has 2 N–H and O–H groups in total. The van der Waals surface area contributed by atoms with Gasteiger partial charge in [-0.3, -0.25) is 4.79 Å². The number of rotatable bonds is 7. The molecule has 9 heteroatoms. The molecule has 1 amide bonds. The molecule has 0 aliphatic rings. The Balaban J connectivity index is 1.37. The number of amides is 1. The molecule has 7 nitrogen and oxygen atoms in total. The van der Waals surface area contributed by atoms with Crippen LogP contribution in [-0.4, -0.2) is 30.2 Å². The molecule has 0 unspecified atom stereocenters. The van der Waals surface area contributed by atoms with Crippen molar-refractivity contribution in [3.8, 4) is 22.6 Å². The first-order valence-corrected chi connectivity index (χ1v) is 12.6. The summed E-state index contributed by atoms with van der Waals surface area (Å²) in [6.07, 6.45) is 1.41. The number of methoxy groups -OCH3 is 1. The second-order valence-corrected chi connectivity index (χ2v) is 9.29. The number of fused-ring (bicyclic) bond motifs is 1. The van der Waals surface area contributed by atoms with Crippen molar-refractivity contribution in [2.24, 2.45) is 5.10 Å². The maximum absolute atomic E-state index is 14.6. The lowest BCUT2D eigenvalue weighted by Gasteiger charge is -2.10. The molecule has 0 fully saturated rings. The van der Waals surface area contributed by atoms with Crippen molar-refractivity contribution in [1.29, 1.82) is 0 Å². The fraction of sp³-hybridized carbons (Fsp3) is 0.0645. The molecule has 1 heterocycles. The van der Waals surface area contributed by atoms with Crippen molar-refractivity contribution < 1.29 is 23.5 Å². The van der Waals surface area contributed by atoms with Crippen LogP contribution < -0.4 is 14.9 Å². The molecule has 1 aromatic heterocycles. The monoisotopic (exact) mass is 555 g/mol. The van der Waals surface area contributed by atoms with Gasteiger partial charge in [0.2, 0.25) is 0 Å². The number of H-pyrrole nitrogens is 1. The molecule has 200 valence electrons. The Morgan fingerprint density at radius 2 is 1.77 bits per heavy atom. The van der Waals surface area contributed by atoms with E-state index >= 15 is 0 Å². The third-order valence-electron chi connectivity index (χ3n) is 6.18. The zero-order valence-corrected chi connectivity index (χ0v) is 22.3. The van der Waals surface area contributed by atoms with Crippen molar-refractivity contribution in [3.63, 3.8) is 0 Å². The number of nitrogens with one attached hydrogen (secondary N) is 2. The van der Waals surface area contributed by atoms with Crippen molar-refractivity contribution in [2.45, 2.75) is 6.92 Å². The normalized spacial score (nSPS) is 11.1. The van der Waals surface area contributed by atoms with Gasteiger partial charge in [-0.25, -0.2) is 14.6 Å². The van der Waals surface area contributed by atoms with Gasteiger partial charge in [0.15, 0.2) is 11.5 Å². The minimum Gasteiger partial charge on any atom is -0.493 e. The van der Waals surface area contributed by atoms with Gasteiger partial charge in [-0.15, -0.1) is 0 Å². The molecule has 5 rings (SSSR count). The van der Waals surface area contributed by atoms with Gasteiger partial charge >= 0.3 is 5.97 Å². The van der Waals surface area contributed by atoms with Crippen LogP contribution in [0.4, 0.5) is 4.39 Å². The smallest absolute Gasteiger partial charge is 0.343 e. The lowest BCUT2D eigenvalue weighted by molar-refractivity contribution is 0.0729. The van der Waals surface area contributed by atoms with Crippen LogP contribution in [0.15, 0.2) is 90.0 Å². The highest BCUT2D eigenvalue weighted by atomic mass is 35.5. The van der Waals surface area contributed by atoms with Gasteiger partial charge in [-0.2, -0.15) is 5.10 Å². The van der Waals surface area contributed by atoms with Crippen LogP contribution in [0.2, 0.25) is 5.02 Å². The zero-order valence-electron chi connectivity index (χ0n) is 21.5. The maximum atomic E-state index is 14.6. The van der Waals surface area contributed by atoms with Crippen LogP contribution in [-0.2, 0) is 0 Å². The number of halogens is 2. The molecule has 40 heavy (non-hydrogen) atoms. The molecule has 0 aliphatic heterocycles. The fourth-order valence-corrected chi connectivity index (χ4v) is 4.53. The van der Waals surface area contributed by atoms with Crippen LogP contribution in [0.1, 0.15) is 32.0 Å². The summed E-state index contributed by atoms with van der Waals surface area (Å²) in [7, 11) is 1.45. The SMILES string of the molecule is COc1cc(C=NNC(=O)c2[nH]c3c(F)cccc3c2-c2ccccc2Cl)ccc1OC(=O)c1cccc(C)c1. The van der Waals surface area contributed by atoms with Gasteiger partial charge in [-0.1, -0.05) is 59.6 Å². The minimum absolute atomic E-state index is 0.112. The van der Waals surface area contributed by atoms with Gasteiger partial charge in [0.05, 0.1) is 24.4 Å². The number of hydrogen-bond donors (Lipinski definition) is 2. The molecule has 0 aliphatic carbocycles. The van der Waals surface area contributed by atoms with Crippen LogP contribution in [0.25, 0.3) is 22.0 Å². The molecule has 0 bridgehead atoms. The molecule has 5 aromatic rings. The summed E-state index contributed by atoms with van der Waals surface area (Å²) in [6, 6.07) is 23.5. The average molecular weight is 556 g/mol. The van der Waals surface area contributed by atoms with Crippen molar-refractivity contribution in [1.82, 2.24) is 10.4 Å². The molecular weight excluding hydrogens is 533 g/mol. The fourth-order valence-electron chi connectivity index (χ4n) is 4.30. The summed E-state index contributed by atoms with van der Waals surface area (Å²) in [6.45, 7) is 1.89. The van der Waals surface area contributed by atoms with Crippen LogP contribution in [0, 0.1) is 12.7 Å². The Hall–Kier alpha value is -4.95. The van der Waals surface area contributed by atoms with Gasteiger partial charge < -0.3 is 14.5 Å². The van der Waals surface area contributed by atoms with Crippen molar-refractivity contribution in [3.05, 3.63) is 118 Å². The van der Waals surface area contributed by atoms with E-state index in [0.717, 1.165) is 5.56 Å². The first-order valence-electron chi connectivity index (χ1n) is 12.2. The van der Waals surface area contributed by atoms with Gasteiger partial charge in [0.1, 0.15) is 11.5 Å². The van der Waals surface area contributed by atoms with E-state index in [0.29, 0.717) is 38.4 Å². The number of carbonyl (C=O) groups excluding carboxylic acids is 2. The first-order chi connectivity index (χ1) is 19.4. The molecule has 0 saturated carbocycles. The van der Waals surface area contributed by atoms with Gasteiger partial charge in [-0.05, 0) is 55.0 Å². The predicted octanol–water partition coefficient (Wildman–Crippen LogP) is 6.93. The zero-order chi connectivity index (χ0) is 28.2. The Bertz CT molecular complexity index is 1780. The van der Waals surface area contributed by atoms with Crippen LogP contribution >= 0.6 is 11.6 Å². The quantitative estimate of drug-likeness (QED) is 0.0985. The number of aryl methyl sites for hydroxylation is 1. The molecule has 4 aromatic carbocycles. The summed E-state index contributed by atoms with van der Waals surface area (Å²) in [5.41, 5.74) is 5.75. The van der Waals surface area contributed by atoms with E-state index in [2.05, 4.69) is 15.5 Å². The highest BCUT2D eigenvalue weighted by molar-refractivity contribution is 6.34. The molecule has 0 spiro atoms. The number of aromatic amines is 1. The summed E-state index contributed by atoms with van der Waals surface area (Å²) < 4.78 is 25.5. The Morgan fingerprint density at radius 3 is 2.55 bits per heavy atom. The number of esters is 1. The molecule has 0 radical (unpaired) electrons. The molecule has 0 atom stereocenters. The highest BCUT2D eigenvalue weighted by Gasteiger charge is 2.22. The lowest BCUT2D eigenvalue weighted by Crippen LogP contribution is -2.19. The number of nitrogens with zero attached hydrogens (tertiary/aromatic N) is 1. The predicted molar refractivity (Wildman–Crippen MR) is 153 cm³/mol. The molecule has 0 saturated heterocycles. The summed E-state index contributed by atoms with van der Waals surface area (Å²) in [5, 5.41) is 4.99. The number of hydrazone groups is 1. The third kappa shape index (κ3) is 5.43. The largest absolute Gasteiger partial charge is 0.493 e. The minimum atomic E-state index is -0.586. The van der Waals surface area contributed by atoms with E-state index in [9.17, 15) is 14.0 Å². The van der Waals surface area contributed by atoms with Crippen molar-refractivity contribution >= 4 is 40.6 Å². The Morgan fingerprint density at radius 1 is 0.975 bits per heavy atom.